The molecule has 0 saturated heterocycles. The van der Waals surface area contributed by atoms with E-state index < -0.39 is 10.0 Å². The minimum atomic E-state index is -3.04. The lowest BCUT2D eigenvalue weighted by atomic mass is 10.5. The lowest BCUT2D eigenvalue weighted by Gasteiger charge is -2.05. The quantitative estimate of drug-likeness (QED) is 0.568. The summed E-state index contributed by atoms with van der Waals surface area (Å²) in [4.78, 5) is 0. The third kappa shape index (κ3) is 8.80. The largest absolute Gasteiger partial charge is 0.317 e. The smallest absolute Gasteiger partial charge is 0.211 e. The van der Waals surface area contributed by atoms with Gasteiger partial charge in [0.05, 0.1) is 5.75 Å². The average Bonchev–Trinajstić information content (AvgIpc) is 2.13. The lowest BCUT2D eigenvalue weighted by Crippen LogP contribution is -2.29. The summed E-state index contributed by atoms with van der Waals surface area (Å²) in [5, 5.41) is 3.09. The van der Waals surface area contributed by atoms with Gasteiger partial charge in [0, 0.05) is 12.3 Å². The fourth-order valence-electron chi connectivity index (χ4n) is 0.935. The van der Waals surface area contributed by atoms with E-state index in [0.717, 1.165) is 18.8 Å². The first kappa shape index (κ1) is 14.2. The summed E-state index contributed by atoms with van der Waals surface area (Å²) < 4.78 is 25.2. The van der Waals surface area contributed by atoms with Crippen molar-refractivity contribution in [1.29, 1.82) is 0 Å². The summed E-state index contributed by atoms with van der Waals surface area (Å²) in [6, 6.07) is 0. The Hall–Kier alpha value is 0.220. The molecular weight excluding hydrogens is 220 g/mol. The number of rotatable bonds is 9. The van der Waals surface area contributed by atoms with Gasteiger partial charge in [0.1, 0.15) is 0 Å². The molecule has 0 aliphatic rings. The van der Waals surface area contributed by atoms with E-state index in [2.05, 4.69) is 10.0 Å². The molecule has 2 N–H and O–H groups in total. The lowest BCUT2D eigenvalue weighted by molar-refractivity contribution is 0.578. The van der Waals surface area contributed by atoms with Crippen molar-refractivity contribution in [3.8, 4) is 0 Å². The molecule has 0 saturated carbocycles. The van der Waals surface area contributed by atoms with Gasteiger partial charge in [-0.25, -0.2) is 13.1 Å². The molecule has 86 valence electrons. The average molecular weight is 240 g/mol. The van der Waals surface area contributed by atoms with Gasteiger partial charge < -0.3 is 5.32 Å². The molecular formula is C8H20N2O2S2. The molecule has 0 heterocycles. The zero-order chi connectivity index (χ0) is 10.9. The van der Waals surface area contributed by atoms with E-state index in [-0.39, 0.29) is 5.75 Å². The molecule has 0 aliphatic heterocycles. The second-order valence-corrected chi connectivity index (χ2v) is 5.83. The van der Waals surface area contributed by atoms with Gasteiger partial charge in [0.2, 0.25) is 10.0 Å². The van der Waals surface area contributed by atoms with Gasteiger partial charge in [-0.2, -0.15) is 11.8 Å². The van der Waals surface area contributed by atoms with Crippen molar-refractivity contribution in [3.05, 3.63) is 0 Å². The van der Waals surface area contributed by atoms with Crippen LogP contribution in [0, 0.1) is 0 Å². The predicted octanol–water partition coefficient (Wildman–Crippen LogP) is 0.268. The van der Waals surface area contributed by atoms with Gasteiger partial charge in [0.25, 0.3) is 0 Å². The highest BCUT2D eigenvalue weighted by atomic mass is 32.2. The van der Waals surface area contributed by atoms with E-state index in [1.807, 2.05) is 13.2 Å². The third-order valence-electron chi connectivity index (χ3n) is 1.64. The van der Waals surface area contributed by atoms with Crippen LogP contribution in [0.15, 0.2) is 0 Å². The van der Waals surface area contributed by atoms with Crippen LogP contribution in [0.5, 0.6) is 0 Å². The molecule has 4 nitrogen and oxygen atoms in total. The third-order valence-corrected chi connectivity index (χ3v) is 3.73. The highest BCUT2D eigenvalue weighted by molar-refractivity contribution is 7.98. The molecule has 14 heavy (non-hydrogen) atoms. The van der Waals surface area contributed by atoms with E-state index in [9.17, 15) is 8.42 Å². The van der Waals surface area contributed by atoms with Crippen LogP contribution < -0.4 is 10.0 Å². The monoisotopic (exact) mass is 240 g/mol. The van der Waals surface area contributed by atoms with Crippen molar-refractivity contribution in [3.63, 3.8) is 0 Å². The van der Waals surface area contributed by atoms with E-state index in [1.54, 1.807) is 11.8 Å². The van der Waals surface area contributed by atoms with E-state index in [0.29, 0.717) is 13.0 Å². The molecule has 0 aromatic carbocycles. The van der Waals surface area contributed by atoms with E-state index in [1.165, 1.54) is 0 Å². The molecule has 0 aliphatic carbocycles. The number of hydrogen-bond acceptors (Lipinski definition) is 4. The van der Waals surface area contributed by atoms with Gasteiger partial charge in [-0.15, -0.1) is 0 Å². The summed E-state index contributed by atoms with van der Waals surface area (Å²) in [5.74, 6) is 1.04. The maximum absolute atomic E-state index is 11.3. The van der Waals surface area contributed by atoms with Crippen molar-refractivity contribution in [1.82, 2.24) is 10.0 Å². The topological polar surface area (TPSA) is 58.2 Å². The van der Waals surface area contributed by atoms with Crippen LogP contribution in [-0.4, -0.2) is 45.8 Å². The first-order chi connectivity index (χ1) is 6.62. The second-order valence-electron chi connectivity index (χ2n) is 2.91. The van der Waals surface area contributed by atoms with Crippen molar-refractivity contribution in [2.75, 3.05) is 37.4 Å². The van der Waals surface area contributed by atoms with Crippen LogP contribution in [0.1, 0.15) is 13.3 Å². The number of nitrogens with one attached hydrogen (secondary N) is 2. The molecule has 0 bridgehead atoms. The second kappa shape index (κ2) is 8.52. The van der Waals surface area contributed by atoms with Crippen LogP contribution in [0.25, 0.3) is 0 Å². The zero-order valence-corrected chi connectivity index (χ0v) is 10.5. The summed E-state index contributed by atoms with van der Waals surface area (Å²) in [6.07, 6.45) is 2.63. The molecule has 0 rings (SSSR count). The minimum Gasteiger partial charge on any atom is -0.317 e. The van der Waals surface area contributed by atoms with Crippen molar-refractivity contribution < 1.29 is 8.42 Å². The Bertz CT molecular complexity index is 217. The van der Waals surface area contributed by atoms with E-state index >= 15 is 0 Å². The van der Waals surface area contributed by atoms with Crippen LogP contribution in [0.2, 0.25) is 0 Å². The minimum absolute atomic E-state index is 0.217. The van der Waals surface area contributed by atoms with Crippen LogP contribution in [0.3, 0.4) is 0 Å². The highest BCUT2D eigenvalue weighted by Gasteiger charge is 2.07. The van der Waals surface area contributed by atoms with Crippen molar-refractivity contribution in [2.45, 2.75) is 13.3 Å². The van der Waals surface area contributed by atoms with Crippen LogP contribution in [-0.2, 0) is 10.0 Å². The van der Waals surface area contributed by atoms with Gasteiger partial charge in [-0.1, -0.05) is 6.92 Å². The maximum Gasteiger partial charge on any atom is 0.211 e. The molecule has 0 spiro atoms. The zero-order valence-electron chi connectivity index (χ0n) is 8.88. The van der Waals surface area contributed by atoms with Crippen molar-refractivity contribution in [2.24, 2.45) is 0 Å². The standard InChI is InChI=1S/C8H20N2O2S2/c1-3-9-5-4-8-14(11,12)10-6-7-13-2/h9-10H,3-8H2,1-2H3. The van der Waals surface area contributed by atoms with Crippen LogP contribution in [0.4, 0.5) is 0 Å². The first-order valence-corrected chi connectivity index (χ1v) is 7.84. The van der Waals surface area contributed by atoms with E-state index in [4.69, 9.17) is 0 Å². The number of sulfonamides is 1. The fraction of sp³-hybridized carbons (Fsp3) is 1.00. The van der Waals surface area contributed by atoms with Crippen LogP contribution >= 0.6 is 11.8 Å². The SMILES string of the molecule is CCNCCCS(=O)(=O)NCCSC. The molecule has 0 fully saturated rings. The summed E-state index contributed by atoms with van der Waals surface area (Å²) >= 11 is 1.63. The highest BCUT2D eigenvalue weighted by Crippen LogP contribution is 1.92. The summed E-state index contributed by atoms with van der Waals surface area (Å²) in [5.41, 5.74) is 0. The summed E-state index contributed by atoms with van der Waals surface area (Å²) in [7, 11) is -3.04. The molecule has 0 amide bonds. The molecule has 0 radical (unpaired) electrons. The Morgan fingerprint density at radius 3 is 2.57 bits per heavy atom. The maximum atomic E-state index is 11.3. The molecule has 0 aromatic heterocycles. The number of hydrogen-bond donors (Lipinski definition) is 2. The van der Waals surface area contributed by atoms with Gasteiger partial charge in [0.15, 0.2) is 0 Å². The fourth-order valence-corrected chi connectivity index (χ4v) is 2.45. The Kier molecular flexibility index (Phi) is 8.66. The molecule has 0 aromatic rings. The van der Waals surface area contributed by atoms with Crippen molar-refractivity contribution >= 4 is 21.8 Å². The number of thioether (sulfide) groups is 1. The Balaban J connectivity index is 3.52. The molecule has 6 heteroatoms. The predicted molar refractivity (Wildman–Crippen MR) is 63.3 cm³/mol. The first-order valence-electron chi connectivity index (χ1n) is 4.79. The molecule has 0 atom stereocenters. The van der Waals surface area contributed by atoms with Gasteiger partial charge in [-0.3, -0.25) is 0 Å². The normalized spacial score (nSPS) is 11.9. The Morgan fingerprint density at radius 1 is 1.29 bits per heavy atom. The van der Waals surface area contributed by atoms with Gasteiger partial charge >= 0.3 is 0 Å². The Labute approximate surface area is 91.3 Å². The Morgan fingerprint density at radius 2 is 2.00 bits per heavy atom. The molecule has 0 unspecified atom stereocenters. The van der Waals surface area contributed by atoms with Gasteiger partial charge in [-0.05, 0) is 25.8 Å². The summed E-state index contributed by atoms with van der Waals surface area (Å²) in [6.45, 7) is 4.19.